The van der Waals surface area contributed by atoms with Crippen molar-refractivity contribution in [1.29, 1.82) is 0 Å². The summed E-state index contributed by atoms with van der Waals surface area (Å²) >= 11 is 0. The van der Waals surface area contributed by atoms with E-state index in [2.05, 4.69) is 13.8 Å². The van der Waals surface area contributed by atoms with Gasteiger partial charge in [0.05, 0.1) is 0 Å². The summed E-state index contributed by atoms with van der Waals surface area (Å²) in [6.45, 7) is -0.289. The maximum atomic E-state index is 11.1. The maximum absolute atomic E-state index is 11.1. The summed E-state index contributed by atoms with van der Waals surface area (Å²) in [5, 5.41) is 0. The minimum Gasteiger partial charge on any atom is -0.848 e. The third-order valence-electron chi connectivity index (χ3n) is 5.57. The molecule has 0 saturated carbocycles. The van der Waals surface area contributed by atoms with Gasteiger partial charge in [0.1, 0.15) is 0 Å². The average Bonchev–Trinajstić information content (AvgIpc) is 2.75. The standard InChI is InChI=1S/2C12H26O3PS.3Zn/c2*1-3-5-7-8-9-10-12-17(11-6-4-2)16(13,14)15;;;/h2*3-12H2,1-2H3;;;/q2*-3;3*+2. The van der Waals surface area contributed by atoms with Gasteiger partial charge < -0.3 is 42.8 Å². The van der Waals surface area contributed by atoms with Gasteiger partial charge in [-0.25, -0.2) is 20.1 Å². The third kappa shape index (κ3) is 35.3. The van der Waals surface area contributed by atoms with E-state index in [1.54, 1.807) is 0 Å². The van der Waals surface area contributed by atoms with Gasteiger partial charge in [0, 0.05) is 0 Å². The quantitative estimate of drug-likeness (QED) is 0.106. The molecule has 37 heavy (non-hydrogen) atoms. The molecule has 2 unspecified atom stereocenters. The predicted molar refractivity (Wildman–Crippen MR) is 145 cm³/mol. The first kappa shape index (κ1) is 49.8. The predicted octanol–water partition coefficient (Wildman–Crippen LogP) is 3.04. The molecule has 0 spiro atoms. The zero-order valence-electron chi connectivity index (χ0n) is 24.4. The first-order valence-electron chi connectivity index (χ1n) is 13.4. The summed E-state index contributed by atoms with van der Waals surface area (Å²) in [7, 11) is -1.81. The summed E-state index contributed by atoms with van der Waals surface area (Å²) < 4.78 is 0. The molecule has 0 aliphatic rings. The molecule has 0 bridgehead atoms. The van der Waals surface area contributed by atoms with Crippen LogP contribution in [0.3, 0.4) is 0 Å². The van der Waals surface area contributed by atoms with Crippen LogP contribution in [0.4, 0.5) is 0 Å². The molecule has 0 aliphatic heterocycles. The van der Waals surface area contributed by atoms with Gasteiger partial charge in [-0.1, -0.05) is 105 Å². The fraction of sp³-hybridized carbons (Fsp3) is 1.00. The summed E-state index contributed by atoms with van der Waals surface area (Å²) in [5.41, 5.74) is 0. The van der Waals surface area contributed by atoms with Crippen molar-refractivity contribution < 1.29 is 87.8 Å². The van der Waals surface area contributed by atoms with E-state index < -0.39 is 33.6 Å². The molecule has 0 fully saturated rings. The molecule has 0 radical (unpaired) electrons. The van der Waals surface area contributed by atoms with Crippen molar-refractivity contribution in [3.8, 4) is 0 Å². The molecular formula is C24H52O6P2S2Zn3. The zero-order chi connectivity index (χ0) is 26.3. The van der Waals surface area contributed by atoms with E-state index in [-0.39, 0.29) is 58.4 Å². The van der Waals surface area contributed by atoms with Crippen LogP contribution in [-0.4, -0.2) is 23.0 Å². The van der Waals surface area contributed by atoms with Gasteiger partial charge >= 0.3 is 58.4 Å². The van der Waals surface area contributed by atoms with Crippen LogP contribution in [-0.2, 0) is 78.6 Å². The maximum Gasteiger partial charge on any atom is 2.00 e. The van der Waals surface area contributed by atoms with Crippen LogP contribution < -0.4 is 29.4 Å². The summed E-state index contributed by atoms with van der Waals surface area (Å²) in [5.74, 6) is 2.35. The Morgan fingerprint density at radius 3 is 0.811 bits per heavy atom. The van der Waals surface area contributed by atoms with Gasteiger partial charge in [0.25, 0.3) is 0 Å². The summed E-state index contributed by atoms with van der Waals surface area (Å²) in [6, 6.07) is 0. The van der Waals surface area contributed by atoms with E-state index in [0.717, 1.165) is 51.4 Å². The average molecular weight is 759 g/mol. The largest absolute Gasteiger partial charge is 2.00 e. The van der Waals surface area contributed by atoms with E-state index in [4.69, 9.17) is 0 Å². The topological polar surface area (TPSA) is 138 Å². The van der Waals surface area contributed by atoms with Crippen LogP contribution in [0.15, 0.2) is 0 Å². The molecular weight excluding hydrogens is 707 g/mol. The van der Waals surface area contributed by atoms with Crippen LogP contribution in [0.25, 0.3) is 0 Å². The molecule has 0 aromatic rings. The molecule has 0 saturated heterocycles. The van der Waals surface area contributed by atoms with Crippen LogP contribution in [0.2, 0.25) is 0 Å². The third-order valence-corrected chi connectivity index (χ3v) is 15.9. The molecule has 13 heteroatoms. The van der Waals surface area contributed by atoms with E-state index in [1.807, 2.05) is 13.8 Å². The van der Waals surface area contributed by atoms with E-state index in [1.165, 1.54) is 51.4 Å². The molecule has 0 aliphatic carbocycles. The van der Waals surface area contributed by atoms with Crippen molar-refractivity contribution in [2.75, 3.05) is 23.0 Å². The van der Waals surface area contributed by atoms with Crippen LogP contribution in [0.1, 0.15) is 130 Å². The van der Waals surface area contributed by atoms with Gasteiger partial charge in [0.2, 0.25) is 0 Å². The van der Waals surface area contributed by atoms with Crippen molar-refractivity contribution in [2.24, 2.45) is 0 Å². The second kappa shape index (κ2) is 33.7. The van der Waals surface area contributed by atoms with E-state index in [9.17, 15) is 29.4 Å². The molecule has 6 nitrogen and oxygen atoms in total. The van der Waals surface area contributed by atoms with Crippen molar-refractivity contribution in [3.05, 3.63) is 0 Å². The Bertz CT molecular complexity index is 524. The van der Waals surface area contributed by atoms with E-state index >= 15 is 0 Å². The van der Waals surface area contributed by atoms with Gasteiger partial charge in [-0.15, -0.1) is 0 Å². The number of unbranched alkanes of at least 4 members (excludes halogenated alkanes) is 12. The smallest absolute Gasteiger partial charge is 0.848 e. The Kier molecular flexibility index (Phi) is 45.4. The number of rotatable bonds is 20. The molecule has 0 rings (SSSR count). The summed E-state index contributed by atoms with van der Waals surface area (Å²) in [4.78, 5) is 66.5. The summed E-state index contributed by atoms with van der Waals surface area (Å²) in [6.07, 6.45) is 17.3. The Morgan fingerprint density at radius 1 is 0.351 bits per heavy atom. The minimum absolute atomic E-state index is 0. The molecule has 0 N–H and O–H groups in total. The molecule has 0 heterocycles. The van der Waals surface area contributed by atoms with Crippen molar-refractivity contribution in [3.63, 3.8) is 0 Å². The Hall–Kier alpha value is 3.19. The molecule has 212 valence electrons. The van der Waals surface area contributed by atoms with Crippen molar-refractivity contribution in [2.45, 2.75) is 130 Å². The van der Waals surface area contributed by atoms with Crippen LogP contribution >= 0.6 is 13.4 Å². The van der Waals surface area contributed by atoms with E-state index in [0.29, 0.717) is 23.0 Å². The monoisotopic (exact) mass is 754 g/mol. The first-order valence-corrected chi connectivity index (χ1v) is 20.9. The number of hydrogen-bond acceptors (Lipinski definition) is 6. The van der Waals surface area contributed by atoms with Crippen LogP contribution in [0, 0.1) is 0 Å². The van der Waals surface area contributed by atoms with Gasteiger partial charge in [-0.05, 0) is 48.7 Å². The SMILES string of the molecule is CCCCCCCCS(CCCC)=P([O-])([O-])[O-].CCCCCCCCS(CCCC)=P([O-])([O-])[O-].[Zn+2].[Zn+2].[Zn+2]. The molecule has 0 aromatic carbocycles. The van der Waals surface area contributed by atoms with Gasteiger partial charge in [0.15, 0.2) is 0 Å². The fourth-order valence-electron chi connectivity index (χ4n) is 3.37. The fourth-order valence-corrected chi connectivity index (χ4v) is 11.2. The van der Waals surface area contributed by atoms with Gasteiger partial charge in [-0.3, -0.25) is 0 Å². The Morgan fingerprint density at radius 2 is 0.568 bits per heavy atom. The molecule has 0 aromatic heterocycles. The minimum atomic E-state index is -4.34. The number of hydrogen-bond donors (Lipinski definition) is 0. The van der Waals surface area contributed by atoms with Crippen LogP contribution in [0.5, 0.6) is 0 Å². The Labute approximate surface area is 272 Å². The molecule has 2 atom stereocenters. The van der Waals surface area contributed by atoms with Crippen molar-refractivity contribution in [1.82, 2.24) is 0 Å². The second-order valence-corrected chi connectivity index (χ2v) is 19.9. The van der Waals surface area contributed by atoms with Crippen molar-refractivity contribution >= 4 is 33.6 Å². The van der Waals surface area contributed by atoms with Gasteiger partial charge in [-0.2, -0.15) is 0 Å². The first-order chi connectivity index (χ1) is 16.0. The second-order valence-electron chi connectivity index (χ2n) is 8.88. The Balaban J connectivity index is -0.000000171. The molecule has 0 amide bonds. The zero-order valence-corrected chi connectivity index (χ0v) is 36.7. The normalized spacial score (nSPS) is 12.8.